The molecule has 18 heavy (non-hydrogen) atoms. The summed E-state index contributed by atoms with van der Waals surface area (Å²) in [7, 11) is 0. The van der Waals surface area contributed by atoms with Gasteiger partial charge in [0.25, 0.3) is 0 Å². The molecule has 0 unspecified atom stereocenters. The first kappa shape index (κ1) is 21.1. The number of allylic oxidation sites excluding steroid dienone is 1. The van der Waals surface area contributed by atoms with Crippen LogP contribution in [0.4, 0.5) is 0 Å². The standard InChI is InChI=1S/C10H16O2.C4H9O.K/c1-3-12-10(11)9-6-4-8(2)5-7-9;1-4(2,3)5;/h9H,2-7H2,1H3;1-3H3;/q;-1;+1. The molecule has 4 heteroatoms. The van der Waals surface area contributed by atoms with Crippen molar-refractivity contribution in [2.75, 3.05) is 6.61 Å². The Morgan fingerprint density at radius 3 is 2.11 bits per heavy atom. The fourth-order valence-electron chi connectivity index (χ4n) is 1.52. The van der Waals surface area contributed by atoms with Gasteiger partial charge in [-0.15, -0.1) is 5.60 Å². The average molecular weight is 280 g/mol. The number of ether oxygens (including phenoxy) is 1. The van der Waals surface area contributed by atoms with E-state index in [1.165, 1.54) is 5.57 Å². The van der Waals surface area contributed by atoms with Crippen LogP contribution in [0.3, 0.4) is 0 Å². The molecule has 0 radical (unpaired) electrons. The Kier molecular flexibility index (Phi) is 12.4. The van der Waals surface area contributed by atoms with Crippen molar-refractivity contribution in [3.63, 3.8) is 0 Å². The Morgan fingerprint density at radius 2 is 1.78 bits per heavy atom. The van der Waals surface area contributed by atoms with Crippen molar-refractivity contribution in [2.45, 2.75) is 59.0 Å². The maximum absolute atomic E-state index is 11.3. The molecular formula is C14H25KO3. The Bertz CT molecular complexity index is 240. The van der Waals surface area contributed by atoms with Gasteiger partial charge in [-0.25, -0.2) is 0 Å². The van der Waals surface area contributed by atoms with E-state index in [9.17, 15) is 9.90 Å². The molecule has 0 aromatic carbocycles. The van der Waals surface area contributed by atoms with Gasteiger partial charge in [-0.05, 0) is 32.6 Å². The van der Waals surface area contributed by atoms with Crippen LogP contribution in [-0.4, -0.2) is 18.2 Å². The number of carbonyl (C=O) groups excluding carboxylic acids is 1. The van der Waals surface area contributed by atoms with E-state index in [1.54, 1.807) is 20.8 Å². The van der Waals surface area contributed by atoms with E-state index in [2.05, 4.69) is 6.58 Å². The van der Waals surface area contributed by atoms with E-state index in [0.29, 0.717) is 6.61 Å². The number of rotatable bonds is 2. The quantitative estimate of drug-likeness (QED) is 0.387. The van der Waals surface area contributed by atoms with Crippen LogP contribution in [0.1, 0.15) is 53.4 Å². The molecule has 0 aromatic heterocycles. The summed E-state index contributed by atoms with van der Waals surface area (Å²) in [6.07, 6.45) is 3.84. The minimum absolute atomic E-state index is 0. The van der Waals surface area contributed by atoms with Gasteiger partial charge in [0, 0.05) is 0 Å². The Labute approximate surface area is 154 Å². The maximum Gasteiger partial charge on any atom is 1.00 e. The number of carbonyl (C=O) groups is 1. The van der Waals surface area contributed by atoms with Crippen molar-refractivity contribution in [3.8, 4) is 0 Å². The molecule has 0 spiro atoms. The van der Waals surface area contributed by atoms with Crippen LogP contribution in [0.5, 0.6) is 0 Å². The predicted octanol–water partition coefficient (Wildman–Crippen LogP) is -0.555. The molecule has 100 valence electrons. The zero-order valence-electron chi connectivity index (χ0n) is 12.5. The van der Waals surface area contributed by atoms with Gasteiger partial charge in [-0.2, -0.15) is 0 Å². The second-order valence-corrected chi connectivity index (χ2v) is 5.39. The average Bonchev–Trinajstić information content (AvgIpc) is 2.16. The van der Waals surface area contributed by atoms with Crippen molar-refractivity contribution in [1.29, 1.82) is 0 Å². The van der Waals surface area contributed by atoms with Gasteiger partial charge in [0.05, 0.1) is 12.5 Å². The first-order chi connectivity index (χ1) is 7.74. The molecule has 0 amide bonds. The van der Waals surface area contributed by atoms with E-state index in [4.69, 9.17) is 4.74 Å². The second-order valence-electron chi connectivity index (χ2n) is 5.39. The van der Waals surface area contributed by atoms with Crippen LogP contribution in [0.15, 0.2) is 12.2 Å². The van der Waals surface area contributed by atoms with E-state index in [0.717, 1.165) is 25.7 Å². The Balaban J connectivity index is 0. The van der Waals surface area contributed by atoms with Crippen LogP contribution in [0, 0.1) is 5.92 Å². The fraction of sp³-hybridized carbons (Fsp3) is 0.786. The summed E-state index contributed by atoms with van der Waals surface area (Å²) in [6, 6.07) is 0. The molecule has 0 bridgehead atoms. The Hall–Kier alpha value is 0.806. The molecular weight excluding hydrogens is 255 g/mol. The predicted molar refractivity (Wildman–Crippen MR) is 67.5 cm³/mol. The van der Waals surface area contributed by atoms with Crippen LogP contribution in [0.25, 0.3) is 0 Å². The molecule has 1 aliphatic carbocycles. The molecule has 1 saturated carbocycles. The van der Waals surface area contributed by atoms with Crippen molar-refractivity contribution < 1.29 is 66.0 Å². The van der Waals surface area contributed by atoms with Crippen molar-refractivity contribution in [3.05, 3.63) is 12.2 Å². The third kappa shape index (κ3) is 13.2. The number of hydrogen-bond donors (Lipinski definition) is 0. The van der Waals surface area contributed by atoms with E-state index in [1.807, 2.05) is 6.92 Å². The minimum Gasteiger partial charge on any atom is -0.850 e. The van der Waals surface area contributed by atoms with Crippen LogP contribution < -0.4 is 56.5 Å². The van der Waals surface area contributed by atoms with Crippen molar-refractivity contribution in [1.82, 2.24) is 0 Å². The third-order valence-corrected chi connectivity index (χ3v) is 2.31. The van der Waals surface area contributed by atoms with E-state index < -0.39 is 5.60 Å². The smallest absolute Gasteiger partial charge is 0.850 e. The molecule has 0 saturated heterocycles. The van der Waals surface area contributed by atoms with Gasteiger partial charge in [0.1, 0.15) is 0 Å². The Morgan fingerprint density at radius 1 is 1.39 bits per heavy atom. The monoisotopic (exact) mass is 280 g/mol. The fourth-order valence-corrected chi connectivity index (χ4v) is 1.52. The normalized spacial score (nSPS) is 16.2. The molecule has 0 N–H and O–H groups in total. The molecule has 0 atom stereocenters. The molecule has 0 heterocycles. The molecule has 1 fully saturated rings. The zero-order valence-corrected chi connectivity index (χ0v) is 15.7. The summed E-state index contributed by atoms with van der Waals surface area (Å²) in [4.78, 5) is 11.3. The maximum atomic E-state index is 11.3. The van der Waals surface area contributed by atoms with Gasteiger partial charge < -0.3 is 9.84 Å². The number of hydrogen-bond acceptors (Lipinski definition) is 3. The van der Waals surface area contributed by atoms with Gasteiger partial charge >= 0.3 is 57.4 Å². The first-order valence-corrected chi connectivity index (χ1v) is 6.27. The van der Waals surface area contributed by atoms with Gasteiger partial charge in [-0.3, -0.25) is 4.79 Å². The van der Waals surface area contributed by atoms with Gasteiger partial charge in [0.15, 0.2) is 0 Å². The van der Waals surface area contributed by atoms with Crippen LogP contribution >= 0.6 is 0 Å². The second kappa shape index (κ2) is 10.6. The third-order valence-electron chi connectivity index (χ3n) is 2.31. The van der Waals surface area contributed by atoms with Crippen LogP contribution in [-0.2, 0) is 9.53 Å². The summed E-state index contributed by atoms with van der Waals surface area (Å²) in [6.45, 7) is 11.1. The summed E-state index contributed by atoms with van der Waals surface area (Å²) in [5.74, 6) is 0.112. The molecule has 3 nitrogen and oxygen atoms in total. The van der Waals surface area contributed by atoms with Gasteiger partial charge in [-0.1, -0.05) is 32.9 Å². The van der Waals surface area contributed by atoms with E-state index >= 15 is 0 Å². The molecule has 1 aliphatic rings. The van der Waals surface area contributed by atoms with Gasteiger partial charge in [0.2, 0.25) is 0 Å². The molecule has 0 aromatic rings. The molecule has 1 rings (SSSR count). The summed E-state index contributed by atoms with van der Waals surface area (Å²) >= 11 is 0. The van der Waals surface area contributed by atoms with Crippen LogP contribution in [0.2, 0.25) is 0 Å². The largest absolute Gasteiger partial charge is 1.00 e. The van der Waals surface area contributed by atoms with Crippen molar-refractivity contribution in [2.24, 2.45) is 5.92 Å². The SMILES string of the molecule is C=C1CCC(C(=O)OCC)CC1.CC(C)(C)[O-].[K+]. The minimum atomic E-state index is -0.750. The first-order valence-electron chi connectivity index (χ1n) is 6.27. The van der Waals surface area contributed by atoms with Crippen molar-refractivity contribution >= 4 is 5.97 Å². The van der Waals surface area contributed by atoms with E-state index in [-0.39, 0.29) is 63.3 Å². The zero-order chi connectivity index (χ0) is 13.5. The number of esters is 1. The topological polar surface area (TPSA) is 49.4 Å². The summed E-state index contributed by atoms with van der Waals surface area (Å²) < 4.78 is 4.95. The summed E-state index contributed by atoms with van der Waals surface area (Å²) in [5, 5.41) is 10.1. The summed E-state index contributed by atoms with van der Waals surface area (Å²) in [5.41, 5.74) is 0.524. The molecule has 0 aliphatic heterocycles.